The van der Waals surface area contributed by atoms with Crippen molar-refractivity contribution in [1.82, 2.24) is 9.71 Å². The van der Waals surface area contributed by atoms with E-state index in [0.717, 1.165) is 6.42 Å². The fraction of sp³-hybridized carbons (Fsp3) is 0.500. The van der Waals surface area contributed by atoms with Crippen molar-refractivity contribution in [2.75, 3.05) is 12.3 Å². The molecule has 1 heterocycles. The van der Waals surface area contributed by atoms with Gasteiger partial charge in [-0.1, -0.05) is 12.8 Å². The van der Waals surface area contributed by atoms with Crippen LogP contribution < -0.4 is 10.5 Å². The molecular weight excluding hydrogens is 306 g/mol. The van der Waals surface area contributed by atoms with Crippen LogP contribution >= 0.6 is 15.9 Å². The highest BCUT2D eigenvalue weighted by Crippen LogP contribution is 2.32. The lowest BCUT2D eigenvalue weighted by molar-refractivity contribution is 0.575. The Morgan fingerprint density at radius 2 is 2.24 bits per heavy atom. The Bertz CT molecular complexity index is 514. The Kier molecular flexibility index (Phi) is 3.70. The molecule has 17 heavy (non-hydrogen) atoms. The Labute approximate surface area is 109 Å². The van der Waals surface area contributed by atoms with Crippen molar-refractivity contribution in [3.8, 4) is 0 Å². The zero-order valence-electron chi connectivity index (χ0n) is 9.19. The number of hydrogen-bond donors (Lipinski definition) is 2. The number of pyridine rings is 1. The van der Waals surface area contributed by atoms with Crippen molar-refractivity contribution in [1.29, 1.82) is 0 Å². The third-order valence-electron chi connectivity index (χ3n) is 2.68. The number of hydrogen-bond acceptors (Lipinski definition) is 4. The molecule has 0 amide bonds. The molecule has 0 radical (unpaired) electrons. The smallest absolute Gasteiger partial charge is 0.244 e. The molecule has 0 aromatic carbocycles. The summed E-state index contributed by atoms with van der Waals surface area (Å²) in [5.74, 6) is 0.711. The number of aromatic nitrogens is 1. The van der Waals surface area contributed by atoms with E-state index >= 15 is 0 Å². The van der Waals surface area contributed by atoms with Crippen molar-refractivity contribution in [2.45, 2.75) is 24.2 Å². The minimum atomic E-state index is -3.55. The van der Waals surface area contributed by atoms with Gasteiger partial charge in [-0.05, 0) is 34.3 Å². The molecule has 5 nitrogen and oxygen atoms in total. The van der Waals surface area contributed by atoms with Gasteiger partial charge in [-0.3, -0.25) is 0 Å². The van der Waals surface area contributed by atoms with E-state index in [-0.39, 0.29) is 10.7 Å². The number of halogens is 1. The van der Waals surface area contributed by atoms with Crippen LogP contribution in [0.1, 0.15) is 19.3 Å². The van der Waals surface area contributed by atoms with Crippen LogP contribution in [-0.2, 0) is 10.0 Å². The van der Waals surface area contributed by atoms with Gasteiger partial charge in [0.15, 0.2) is 0 Å². The van der Waals surface area contributed by atoms with Gasteiger partial charge in [-0.15, -0.1) is 0 Å². The third kappa shape index (κ3) is 3.40. The van der Waals surface area contributed by atoms with E-state index in [2.05, 4.69) is 25.6 Å². The molecule has 0 atom stereocenters. The number of nitrogens with two attached hydrogens (primary N) is 1. The lowest BCUT2D eigenvalue weighted by Gasteiger charge is -2.08. The van der Waals surface area contributed by atoms with E-state index in [9.17, 15) is 8.42 Å². The summed E-state index contributed by atoms with van der Waals surface area (Å²) >= 11 is 3.18. The molecule has 0 aliphatic heterocycles. The van der Waals surface area contributed by atoms with Gasteiger partial charge in [-0.25, -0.2) is 18.1 Å². The van der Waals surface area contributed by atoms with Crippen molar-refractivity contribution in [3.63, 3.8) is 0 Å². The van der Waals surface area contributed by atoms with Crippen LogP contribution in [0.2, 0.25) is 0 Å². The average molecular weight is 320 g/mol. The maximum Gasteiger partial charge on any atom is 0.244 e. The molecule has 0 saturated heterocycles. The fourth-order valence-corrected chi connectivity index (χ4v) is 3.16. The summed E-state index contributed by atoms with van der Waals surface area (Å²) in [6.45, 7) is 0.457. The predicted molar refractivity (Wildman–Crippen MR) is 68.9 cm³/mol. The van der Waals surface area contributed by atoms with Gasteiger partial charge < -0.3 is 5.73 Å². The zero-order valence-corrected chi connectivity index (χ0v) is 11.6. The van der Waals surface area contributed by atoms with Crippen LogP contribution in [0.5, 0.6) is 0 Å². The largest absolute Gasteiger partial charge is 0.383 e. The quantitative estimate of drug-likeness (QED) is 0.861. The second-order valence-corrected chi connectivity index (χ2v) is 6.82. The predicted octanol–water partition coefficient (Wildman–Crippen LogP) is 1.50. The second kappa shape index (κ2) is 4.91. The molecule has 1 aliphatic rings. The highest BCUT2D eigenvalue weighted by Gasteiger charge is 2.23. The Morgan fingerprint density at radius 3 is 2.88 bits per heavy atom. The van der Waals surface area contributed by atoms with Gasteiger partial charge in [0.05, 0.1) is 0 Å². The van der Waals surface area contributed by atoms with Crippen molar-refractivity contribution >= 4 is 31.8 Å². The minimum absolute atomic E-state index is 0.0205. The molecule has 7 heteroatoms. The molecule has 94 valence electrons. The zero-order chi connectivity index (χ0) is 12.5. The molecule has 3 N–H and O–H groups in total. The number of nitrogens with zero attached hydrogens (tertiary/aromatic N) is 1. The Morgan fingerprint density at radius 1 is 1.53 bits per heavy atom. The summed E-state index contributed by atoms with van der Waals surface area (Å²) in [5.41, 5.74) is 5.57. The van der Waals surface area contributed by atoms with E-state index < -0.39 is 10.0 Å². The van der Waals surface area contributed by atoms with Gasteiger partial charge in [-0.2, -0.15) is 0 Å². The van der Waals surface area contributed by atoms with Gasteiger partial charge in [0.1, 0.15) is 10.7 Å². The minimum Gasteiger partial charge on any atom is -0.383 e. The van der Waals surface area contributed by atoms with Crippen molar-refractivity contribution < 1.29 is 8.42 Å². The number of nitrogens with one attached hydrogen (secondary N) is 1. The van der Waals surface area contributed by atoms with Crippen LogP contribution in [0.3, 0.4) is 0 Å². The van der Waals surface area contributed by atoms with Crippen LogP contribution in [0, 0.1) is 5.92 Å². The van der Waals surface area contributed by atoms with Crippen LogP contribution in [0.4, 0.5) is 5.82 Å². The highest BCUT2D eigenvalue weighted by atomic mass is 79.9. The normalized spacial score (nSPS) is 16.1. The first-order valence-corrected chi connectivity index (χ1v) is 7.67. The number of sulfonamides is 1. The summed E-state index contributed by atoms with van der Waals surface area (Å²) in [6.07, 6.45) is 4.78. The topological polar surface area (TPSA) is 85.1 Å². The monoisotopic (exact) mass is 319 g/mol. The molecule has 1 saturated carbocycles. The van der Waals surface area contributed by atoms with E-state index in [4.69, 9.17) is 5.73 Å². The standard InChI is InChI=1S/C10H14BrN3O2S/c11-8-5-9(10(12)13-6-8)17(15,16)14-4-3-7-1-2-7/h5-7,14H,1-4H2,(H2,12,13). The molecule has 0 spiro atoms. The first-order chi connectivity index (χ1) is 7.99. The maximum atomic E-state index is 12.0. The summed E-state index contributed by atoms with van der Waals surface area (Å²) in [7, 11) is -3.55. The molecule has 0 unspecified atom stereocenters. The van der Waals surface area contributed by atoms with E-state index in [1.165, 1.54) is 25.1 Å². The van der Waals surface area contributed by atoms with E-state index in [1.54, 1.807) is 0 Å². The van der Waals surface area contributed by atoms with Crippen molar-refractivity contribution in [2.24, 2.45) is 5.92 Å². The van der Waals surface area contributed by atoms with Gasteiger partial charge >= 0.3 is 0 Å². The van der Waals surface area contributed by atoms with Gasteiger partial charge in [0.2, 0.25) is 10.0 Å². The summed E-state index contributed by atoms with van der Waals surface area (Å²) in [6, 6.07) is 1.46. The lowest BCUT2D eigenvalue weighted by Crippen LogP contribution is -2.26. The first kappa shape index (κ1) is 12.8. The molecule has 1 aromatic heterocycles. The molecular formula is C10H14BrN3O2S. The second-order valence-electron chi connectivity index (χ2n) is 4.17. The van der Waals surface area contributed by atoms with E-state index in [0.29, 0.717) is 16.9 Å². The van der Waals surface area contributed by atoms with Crippen LogP contribution in [0.25, 0.3) is 0 Å². The Hall–Kier alpha value is -0.660. The molecule has 1 aromatic rings. The summed E-state index contributed by atoms with van der Waals surface area (Å²) in [4.78, 5) is 3.84. The van der Waals surface area contributed by atoms with Crippen LogP contribution in [0.15, 0.2) is 21.6 Å². The fourth-order valence-electron chi connectivity index (χ4n) is 1.53. The number of nitrogen functional groups attached to an aromatic ring is 1. The highest BCUT2D eigenvalue weighted by molar-refractivity contribution is 9.10. The average Bonchev–Trinajstić information content (AvgIpc) is 3.05. The van der Waals surface area contributed by atoms with Crippen molar-refractivity contribution in [3.05, 3.63) is 16.7 Å². The summed E-state index contributed by atoms with van der Waals surface area (Å²) < 4.78 is 27.0. The molecule has 0 bridgehead atoms. The molecule has 2 rings (SSSR count). The lowest BCUT2D eigenvalue weighted by atomic mass is 10.3. The van der Waals surface area contributed by atoms with Gasteiger partial charge in [0, 0.05) is 17.2 Å². The SMILES string of the molecule is Nc1ncc(Br)cc1S(=O)(=O)NCCC1CC1. The maximum absolute atomic E-state index is 12.0. The molecule has 1 aliphatic carbocycles. The molecule has 1 fully saturated rings. The van der Waals surface area contributed by atoms with E-state index in [1.807, 2.05) is 0 Å². The third-order valence-corrected chi connectivity index (χ3v) is 4.60. The summed E-state index contributed by atoms with van der Waals surface area (Å²) in [5, 5.41) is 0. The Balaban J connectivity index is 2.09. The van der Waals surface area contributed by atoms with Crippen LogP contribution in [-0.4, -0.2) is 19.9 Å². The van der Waals surface area contributed by atoms with Gasteiger partial charge in [0.25, 0.3) is 0 Å². The number of anilines is 1. The first-order valence-electron chi connectivity index (χ1n) is 5.40. The number of rotatable bonds is 5.